The molecule has 0 aromatic heterocycles. The predicted octanol–water partition coefficient (Wildman–Crippen LogP) is 2.15. The van der Waals surface area contributed by atoms with Gasteiger partial charge in [-0.15, -0.1) is 0 Å². The van der Waals surface area contributed by atoms with Gasteiger partial charge in [0.15, 0.2) is 5.78 Å². The van der Waals surface area contributed by atoms with Crippen molar-refractivity contribution in [1.82, 2.24) is 4.90 Å². The average molecular weight is 187 g/mol. The number of hydrogen-bond donors (Lipinski definition) is 0. The zero-order valence-corrected chi connectivity index (χ0v) is 8.07. The van der Waals surface area contributed by atoms with Crippen LogP contribution in [0.25, 0.3) is 0 Å². The van der Waals surface area contributed by atoms with Gasteiger partial charge in [0.25, 0.3) is 0 Å². The van der Waals surface area contributed by atoms with Crippen molar-refractivity contribution < 1.29 is 4.79 Å². The van der Waals surface area contributed by atoms with Crippen molar-refractivity contribution in [3.63, 3.8) is 0 Å². The quantitative estimate of drug-likeness (QED) is 0.579. The van der Waals surface area contributed by atoms with Gasteiger partial charge in [0.1, 0.15) is 5.54 Å². The Morgan fingerprint density at radius 1 is 1.29 bits per heavy atom. The number of allylic oxidation sites excluding steroid dienone is 2. The summed E-state index contributed by atoms with van der Waals surface area (Å²) in [7, 11) is 0. The molecular weight excluding hydrogens is 174 g/mol. The molecule has 2 nitrogen and oxygen atoms in total. The smallest absolute Gasteiger partial charge is 0.187 e. The van der Waals surface area contributed by atoms with Crippen LogP contribution < -0.4 is 0 Å². The molecule has 1 atom stereocenters. The van der Waals surface area contributed by atoms with Gasteiger partial charge in [0.2, 0.25) is 0 Å². The second-order valence-electron chi connectivity index (χ2n) is 4.19. The SMILES string of the molecule is O=C1C=CN2C=CC=C3CCCCC132. The molecule has 3 rings (SSSR count). The van der Waals surface area contributed by atoms with Gasteiger partial charge in [-0.25, -0.2) is 0 Å². The van der Waals surface area contributed by atoms with Gasteiger partial charge in [-0.3, -0.25) is 4.79 Å². The Morgan fingerprint density at radius 3 is 3.14 bits per heavy atom. The van der Waals surface area contributed by atoms with Gasteiger partial charge < -0.3 is 4.90 Å². The molecule has 2 aliphatic heterocycles. The molecule has 1 spiro atoms. The molecule has 0 radical (unpaired) electrons. The summed E-state index contributed by atoms with van der Waals surface area (Å²) in [5.41, 5.74) is 1.01. The Kier molecular flexibility index (Phi) is 1.49. The molecule has 72 valence electrons. The third-order valence-corrected chi connectivity index (χ3v) is 3.54. The maximum atomic E-state index is 12.0. The fraction of sp³-hybridized carbons (Fsp3) is 0.417. The van der Waals surface area contributed by atoms with Crippen LogP contribution in [-0.4, -0.2) is 16.2 Å². The zero-order chi connectivity index (χ0) is 9.60. The van der Waals surface area contributed by atoms with E-state index in [1.807, 2.05) is 18.5 Å². The van der Waals surface area contributed by atoms with Crippen molar-refractivity contribution in [2.45, 2.75) is 31.2 Å². The highest BCUT2D eigenvalue weighted by Crippen LogP contribution is 2.43. The topological polar surface area (TPSA) is 20.3 Å². The Bertz CT molecular complexity index is 378. The number of nitrogens with zero attached hydrogens (tertiary/aromatic N) is 1. The summed E-state index contributed by atoms with van der Waals surface area (Å²) < 4.78 is 0. The second kappa shape index (κ2) is 2.59. The van der Waals surface area contributed by atoms with Crippen LogP contribution in [0.4, 0.5) is 0 Å². The maximum Gasteiger partial charge on any atom is 0.187 e. The molecule has 0 aromatic carbocycles. The maximum absolute atomic E-state index is 12.0. The summed E-state index contributed by atoms with van der Waals surface area (Å²) in [4.78, 5) is 14.0. The first kappa shape index (κ1) is 8.04. The molecule has 1 fully saturated rings. The van der Waals surface area contributed by atoms with E-state index < -0.39 is 0 Å². The number of carbonyl (C=O) groups excluding carboxylic acids is 1. The van der Waals surface area contributed by atoms with Gasteiger partial charge in [0, 0.05) is 18.5 Å². The number of carbonyl (C=O) groups is 1. The van der Waals surface area contributed by atoms with Crippen LogP contribution in [0.1, 0.15) is 25.7 Å². The fourth-order valence-electron chi connectivity index (χ4n) is 2.83. The highest BCUT2D eigenvalue weighted by Gasteiger charge is 2.48. The molecule has 2 heteroatoms. The Labute approximate surface area is 83.6 Å². The summed E-state index contributed by atoms with van der Waals surface area (Å²) in [6.45, 7) is 0. The summed E-state index contributed by atoms with van der Waals surface area (Å²) >= 11 is 0. The van der Waals surface area contributed by atoms with Crippen molar-refractivity contribution >= 4 is 5.78 Å². The lowest BCUT2D eigenvalue weighted by molar-refractivity contribution is -0.121. The van der Waals surface area contributed by atoms with Crippen molar-refractivity contribution in [3.8, 4) is 0 Å². The minimum atomic E-state index is -0.299. The van der Waals surface area contributed by atoms with Crippen molar-refractivity contribution in [3.05, 3.63) is 36.2 Å². The monoisotopic (exact) mass is 187 g/mol. The van der Waals surface area contributed by atoms with Crippen LogP contribution in [0.15, 0.2) is 36.2 Å². The predicted molar refractivity (Wildman–Crippen MR) is 54.4 cm³/mol. The number of hydrogen-bond acceptors (Lipinski definition) is 2. The molecule has 0 amide bonds. The lowest BCUT2D eigenvalue weighted by Crippen LogP contribution is -2.50. The van der Waals surface area contributed by atoms with Crippen molar-refractivity contribution in [2.24, 2.45) is 0 Å². The van der Waals surface area contributed by atoms with Crippen LogP contribution >= 0.6 is 0 Å². The molecule has 0 bridgehead atoms. The largest absolute Gasteiger partial charge is 0.337 e. The van der Waals surface area contributed by atoms with E-state index in [4.69, 9.17) is 0 Å². The van der Waals surface area contributed by atoms with Crippen LogP contribution in [0.2, 0.25) is 0 Å². The van der Waals surface area contributed by atoms with Crippen molar-refractivity contribution in [2.75, 3.05) is 0 Å². The van der Waals surface area contributed by atoms with E-state index in [0.29, 0.717) is 0 Å². The number of rotatable bonds is 0. The minimum Gasteiger partial charge on any atom is -0.337 e. The molecule has 1 aliphatic carbocycles. The normalized spacial score (nSPS) is 34.1. The fourth-order valence-corrected chi connectivity index (χ4v) is 2.83. The Morgan fingerprint density at radius 2 is 2.21 bits per heavy atom. The first-order valence-corrected chi connectivity index (χ1v) is 5.23. The Hall–Kier alpha value is -1.31. The van der Waals surface area contributed by atoms with Gasteiger partial charge >= 0.3 is 0 Å². The van der Waals surface area contributed by atoms with Gasteiger partial charge in [-0.1, -0.05) is 6.08 Å². The van der Waals surface area contributed by atoms with Crippen LogP contribution in [0.5, 0.6) is 0 Å². The van der Waals surface area contributed by atoms with E-state index in [1.54, 1.807) is 6.08 Å². The van der Waals surface area contributed by atoms with Crippen LogP contribution in [0.3, 0.4) is 0 Å². The van der Waals surface area contributed by atoms with E-state index in [-0.39, 0.29) is 11.3 Å². The first-order valence-electron chi connectivity index (χ1n) is 5.23. The van der Waals surface area contributed by atoms with Gasteiger partial charge in [0.05, 0.1) is 0 Å². The van der Waals surface area contributed by atoms with E-state index in [0.717, 1.165) is 19.3 Å². The number of ketones is 1. The third-order valence-electron chi connectivity index (χ3n) is 3.54. The standard InChI is InChI=1S/C12H13NO/c14-11-6-9-13-8-3-5-10-4-1-2-7-12(10,11)13/h3,5-6,8-9H,1-2,4,7H2. The average Bonchev–Trinajstić information content (AvgIpc) is 2.55. The summed E-state index contributed by atoms with van der Waals surface area (Å²) in [5.74, 6) is 0.271. The summed E-state index contributed by atoms with van der Waals surface area (Å²) in [6, 6.07) is 0. The molecule has 3 aliphatic rings. The molecular formula is C12H13NO. The van der Waals surface area contributed by atoms with E-state index >= 15 is 0 Å². The molecule has 1 unspecified atom stereocenters. The minimum absolute atomic E-state index is 0.271. The second-order valence-corrected chi connectivity index (χ2v) is 4.19. The molecule has 0 N–H and O–H groups in total. The molecule has 0 aromatic rings. The lowest BCUT2D eigenvalue weighted by Gasteiger charge is -2.43. The zero-order valence-electron chi connectivity index (χ0n) is 8.07. The molecule has 2 heterocycles. The molecule has 1 saturated carbocycles. The van der Waals surface area contributed by atoms with Crippen LogP contribution in [0, 0.1) is 0 Å². The van der Waals surface area contributed by atoms with E-state index in [2.05, 4.69) is 11.0 Å². The molecule has 14 heavy (non-hydrogen) atoms. The van der Waals surface area contributed by atoms with Crippen LogP contribution in [-0.2, 0) is 4.79 Å². The Balaban J connectivity index is 2.13. The summed E-state index contributed by atoms with van der Waals surface area (Å²) in [6.07, 6.45) is 14.3. The summed E-state index contributed by atoms with van der Waals surface area (Å²) in [5, 5.41) is 0. The first-order chi connectivity index (χ1) is 6.84. The van der Waals surface area contributed by atoms with Crippen molar-refractivity contribution in [1.29, 1.82) is 0 Å². The highest BCUT2D eigenvalue weighted by molar-refractivity contribution is 6.03. The third kappa shape index (κ3) is 0.788. The van der Waals surface area contributed by atoms with Gasteiger partial charge in [-0.05, 0) is 37.3 Å². The molecule has 0 saturated heterocycles. The van der Waals surface area contributed by atoms with E-state index in [9.17, 15) is 4.79 Å². The highest BCUT2D eigenvalue weighted by atomic mass is 16.1. The van der Waals surface area contributed by atoms with E-state index in [1.165, 1.54) is 12.0 Å². The van der Waals surface area contributed by atoms with Gasteiger partial charge in [-0.2, -0.15) is 0 Å². The lowest BCUT2D eigenvalue weighted by atomic mass is 9.73.